The van der Waals surface area contributed by atoms with Crippen LogP contribution in [0.4, 0.5) is 11.4 Å². The van der Waals surface area contributed by atoms with E-state index in [-0.39, 0.29) is 11.6 Å². The minimum Gasteiger partial charge on any atom is -0.436 e. The van der Waals surface area contributed by atoms with E-state index in [9.17, 15) is 14.9 Å². The van der Waals surface area contributed by atoms with Gasteiger partial charge in [-0.25, -0.2) is 4.98 Å². The van der Waals surface area contributed by atoms with Gasteiger partial charge in [0.2, 0.25) is 11.8 Å². The van der Waals surface area contributed by atoms with E-state index < -0.39 is 4.92 Å². The number of carbonyl (C=O) groups is 1. The maximum Gasteiger partial charge on any atom is 0.270 e. The molecule has 0 unspecified atom stereocenters. The molecule has 1 amide bonds. The number of nitrogens with zero attached hydrogens (tertiary/aromatic N) is 2. The minimum absolute atomic E-state index is 0.0386. The van der Waals surface area contributed by atoms with E-state index in [1.165, 1.54) is 24.3 Å². The van der Waals surface area contributed by atoms with Gasteiger partial charge < -0.3 is 9.73 Å². The van der Waals surface area contributed by atoms with Gasteiger partial charge in [-0.2, -0.15) is 0 Å². The highest BCUT2D eigenvalue weighted by atomic mass is 35.5. The lowest BCUT2D eigenvalue weighted by molar-refractivity contribution is -0.384. The Morgan fingerprint density at radius 2 is 1.79 bits per heavy atom. The lowest BCUT2D eigenvalue weighted by atomic mass is 10.0. The number of non-ortho nitro benzene ring substituents is 1. The second-order valence-electron chi connectivity index (χ2n) is 7.52. The van der Waals surface area contributed by atoms with Gasteiger partial charge in [-0.1, -0.05) is 48.0 Å². The zero-order valence-electron chi connectivity index (χ0n) is 17.6. The van der Waals surface area contributed by atoms with Gasteiger partial charge in [-0.05, 0) is 47.4 Å². The predicted octanol–water partition coefficient (Wildman–Crippen LogP) is 6.86. The standard InChI is InChI=1S/C26H16ClN3O4/c27-22-9-3-6-19-20(22)7-2-8-21(19)26-29-23-15-17(11-12-24(23)34-26)28-25(31)13-10-16-4-1-5-18(14-16)30(32)33/h1-15H,(H,28,31). The molecule has 0 fully saturated rings. The first kappa shape index (κ1) is 21.4. The quantitative estimate of drug-likeness (QED) is 0.172. The fourth-order valence-electron chi connectivity index (χ4n) is 3.68. The average Bonchev–Trinajstić information content (AvgIpc) is 3.26. The molecule has 1 aromatic heterocycles. The van der Waals surface area contributed by atoms with Crippen molar-refractivity contribution in [1.82, 2.24) is 4.98 Å². The zero-order valence-corrected chi connectivity index (χ0v) is 18.3. The number of aromatic nitrogens is 1. The number of fused-ring (bicyclic) bond motifs is 2. The smallest absolute Gasteiger partial charge is 0.270 e. The van der Waals surface area contributed by atoms with Gasteiger partial charge in [-0.15, -0.1) is 0 Å². The molecule has 0 aliphatic carbocycles. The Bertz CT molecular complexity index is 1610. The van der Waals surface area contributed by atoms with Gasteiger partial charge in [-0.3, -0.25) is 14.9 Å². The molecule has 8 heteroatoms. The van der Waals surface area contributed by atoms with Crippen LogP contribution < -0.4 is 5.32 Å². The average molecular weight is 470 g/mol. The molecule has 0 saturated heterocycles. The highest BCUT2D eigenvalue weighted by molar-refractivity contribution is 6.35. The molecule has 1 N–H and O–H groups in total. The predicted molar refractivity (Wildman–Crippen MR) is 133 cm³/mol. The summed E-state index contributed by atoms with van der Waals surface area (Å²) in [5.41, 5.74) is 3.05. The molecule has 0 aliphatic rings. The lowest BCUT2D eigenvalue weighted by Gasteiger charge is -2.04. The van der Waals surface area contributed by atoms with Crippen molar-refractivity contribution >= 4 is 56.8 Å². The third kappa shape index (κ3) is 4.24. The van der Waals surface area contributed by atoms with Crippen LogP contribution in [0.15, 0.2) is 89.4 Å². The molecule has 5 rings (SSSR count). The fraction of sp³-hybridized carbons (Fsp3) is 0. The van der Waals surface area contributed by atoms with Crippen LogP contribution >= 0.6 is 11.6 Å². The number of amides is 1. The minimum atomic E-state index is -0.481. The molecule has 34 heavy (non-hydrogen) atoms. The third-order valence-electron chi connectivity index (χ3n) is 5.26. The summed E-state index contributed by atoms with van der Waals surface area (Å²) in [7, 11) is 0. The largest absolute Gasteiger partial charge is 0.436 e. The number of benzene rings is 4. The Kier molecular flexibility index (Phi) is 5.53. The van der Waals surface area contributed by atoms with Crippen LogP contribution in [0.3, 0.4) is 0 Å². The Labute approximate surface area is 198 Å². The molecule has 0 atom stereocenters. The van der Waals surface area contributed by atoms with Crippen molar-refractivity contribution in [3.05, 3.63) is 106 Å². The van der Waals surface area contributed by atoms with E-state index in [1.807, 2.05) is 36.4 Å². The van der Waals surface area contributed by atoms with Gasteiger partial charge in [0.05, 0.1) is 4.92 Å². The van der Waals surface area contributed by atoms with E-state index in [0.717, 1.165) is 16.3 Å². The molecule has 4 aromatic carbocycles. The number of halogens is 1. The maximum absolute atomic E-state index is 12.4. The Hall–Kier alpha value is -4.49. The molecule has 0 bridgehead atoms. The van der Waals surface area contributed by atoms with Crippen molar-refractivity contribution in [1.29, 1.82) is 0 Å². The monoisotopic (exact) mass is 469 g/mol. The number of carbonyl (C=O) groups excluding carboxylic acids is 1. The Morgan fingerprint density at radius 3 is 2.65 bits per heavy atom. The summed E-state index contributed by atoms with van der Waals surface area (Å²) in [6.07, 6.45) is 2.83. The molecule has 0 aliphatic heterocycles. The molecule has 0 radical (unpaired) electrons. The first-order chi connectivity index (χ1) is 16.5. The van der Waals surface area contributed by atoms with Crippen LogP contribution in [-0.2, 0) is 4.79 Å². The molecule has 7 nitrogen and oxygen atoms in total. The Morgan fingerprint density at radius 1 is 1.00 bits per heavy atom. The normalized spacial score (nSPS) is 11.3. The van der Waals surface area contributed by atoms with Crippen LogP contribution in [0.1, 0.15) is 5.56 Å². The van der Waals surface area contributed by atoms with Gasteiger partial charge in [0.25, 0.3) is 5.69 Å². The lowest BCUT2D eigenvalue weighted by Crippen LogP contribution is -2.07. The first-order valence-electron chi connectivity index (χ1n) is 10.3. The van der Waals surface area contributed by atoms with Gasteiger partial charge >= 0.3 is 0 Å². The summed E-state index contributed by atoms with van der Waals surface area (Å²) in [4.78, 5) is 27.4. The van der Waals surface area contributed by atoms with Crippen molar-refractivity contribution < 1.29 is 14.1 Å². The summed E-state index contributed by atoms with van der Waals surface area (Å²) in [5, 5.41) is 16.2. The van der Waals surface area contributed by atoms with Crippen LogP contribution in [-0.4, -0.2) is 15.8 Å². The summed E-state index contributed by atoms with van der Waals surface area (Å²) < 4.78 is 5.96. The number of oxazole rings is 1. The second kappa shape index (κ2) is 8.80. The van der Waals surface area contributed by atoms with E-state index in [1.54, 1.807) is 30.3 Å². The zero-order chi connectivity index (χ0) is 23.7. The molecule has 1 heterocycles. The highest BCUT2D eigenvalue weighted by Gasteiger charge is 2.13. The van der Waals surface area contributed by atoms with Crippen molar-refractivity contribution in [2.24, 2.45) is 0 Å². The molecular weight excluding hydrogens is 454 g/mol. The molecule has 0 saturated carbocycles. The summed E-state index contributed by atoms with van der Waals surface area (Å²) in [6.45, 7) is 0. The van der Waals surface area contributed by atoms with E-state index >= 15 is 0 Å². The topological polar surface area (TPSA) is 98.3 Å². The third-order valence-corrected chi connectivity index (χ3v) is 5.59. The van der Waals surface area contributed by atoms with Crippen LogP contribution in [0.2, 0.25) is 5.02 Å². The number of nitrogens with one attached hydrogen (secondary N) is 1. The van der Waals surface area contributed by atoms with Crippen LogP contribution in [0.25, 0.3) is 39.4 Å². The van der Waals surface area contributed by atoms with E-state index in [4.69, 9.17) is 16.0 Å². The first-order valence-corrected chi connectivity index (χ1v) is 10.7. The Balaban J connectivity index is 1.38. The SMILES string of the molecule is O=C(C=Cc1cccc([N+](=O)[O-])c1)Nc1ccc2oc(-c3cccc4c(Cl)cccc34)nc2c1. The fourth-order valence-corrected chi connectivity index (χ4v) is 3.91. The van der Waals surface area contributed by atoms with Gasteiger partial charge in [0.1, 0.15) is 5.52 Å². The van der Waals surface area contributed by atoms with E-state index in [2.05, 4.69) is 10.3 Å². The number of hydrogen-bond acceptors (Lipinski definition) is 5. The number of rotatable bonds is 5. The summed E-state index contributed by atoms with van der Waals surface area (Å²) >= 11 is 6.32. The summed E-state index contributed by atoms with van der Waals surface area (Å²) in [6, 6.07) is 22.7. The number of nitro groups is 1. The van der Waals surface area contributed by atoms with Crippen molar-refractivity contribution in [3.8, 4) is 11.5 Å². The van der Waals surface area contributed by atoms with Crippen LogP contribution in [0.5, 0.6) is 0 Å². The van der Waals surface area contributed by atoms with E-state index in [0.29, 0.717) is 33.3 Å². The maximum atomic E-state index is 12.4. The number of anilines is 1. The molecule has 0 spiro atoms. The molecule has 5 aromatic rings. The van der Waals surface area contributed by atoms with Crippen LogP contribution in [0, 0.1) is 10.1 Å². The van der Waals surface area contributed by atoms with Gasteiger partial charge in [0, 0.05) is 39.9 Å². The van der Waals surface area contributed by atoms with Crippen molar-refractivity contribution in [3.63, 3.8) is 0 Å². The summed E-state index contributed by atoms with van der Waals surface area (Å²) in [5.74, 6) is 0.0789. The second-order valence-corrected chi connectivity index (χ2v) is 7.92. The van der Waals surface area contributed by atoms with Crippen molar-refractivity contribution in [2.45, 2.75) is 0 Å². The molecular formula is C26H16ClN3O4. The molecule has 166 valence electrons. The number of hydrogen-bond donors (Lipinski definition) is 1. The van der Waals surface area contributed by atoms with Gasteiger partial charge in [0.15, 0.2) is 5.58 Å². The van der Waals surface area contributed by atoms with Crippen molar-refractivity contribution in [2.75, 3.05) is 5.32 Å². The number of nitro benzene ring substituents is 1. The highest BCUT2D eigenvalue weighted by Crippen LogP contribution is 2.34.